The molecule has 12 heteroatoms. The third-order valence-corrected chi connectivity index (χ3v) is 6.33. The predicted molar refractivity (Wildman–Crippen MR) is 125 cm³/mol. The SMILES string of the molecule is COCOc1cc(C(N[C@@H](CC(C)C)C(=O)OC)C(F)(F)F)ccc1-c1cc(S(C)(=O)=O)ccc1F. The van der Waals surface area contributed by atoms with Crippen molar-refractivity contribution in [3.05, 3.63) is 47.8 Å². The Morgan fingerprint density at radius 3 is 2.25 bits per heavy atom. The monoisotopic (exact) mass is 535 g/mol. The first-order valence-electron chi connectivity index (χ1n) is 10.8. The van der Waals surface area contributed by atoms with Crippen molar-refractivity contribution in [1.82, 2.24) is 5.32 Å². The Balaban J connectivity index is 2.64. The maximum atomic E-state index is 14.7. The fourth-order valence-electron chi connectivity index (χ4n) is 3.55. The van der Waals surface area contributed by atoms with Crippen LogP contribution in [0.5, 0.6) is 5.75 Å². The first kappa shape index (κ1) is 29.5. The lowest BCUT2D eigenvalue weighted by atomic mass is 9.97. The van der Waals surface area contributed by atoms with Crippen LogP contribution in [-0.2, 0) is 24.1 Å². The van der Waals surface area contributed by atoms with Gasteiger partial charge in [0.05, 0.1) is 12.0 Å². The summed E-state index contributed by atoms with van der Waals surface area (Å²) in [4.78, 5) is 12.0. The molecule has 0 fully saturated rings. The van der Waals surface area contributed by atoms with Crippen molar-refractivity contribution >= 4 is 15.8 Å². The number of halogens is 4. The van der Waals surface area contributed by atoms with Crippen LogP contribution in [0.2, 0.25) is 0 Å². The minimum Gasteiger partial charge on any atom is -0.468 e. The molecule has 2 rings (SSSR count). The summed E-state index contributed by atoms with van der Waals surface area (Å²) in [5, 5.41) is 2.34. The molecule has 0 aliphatic carbocycles. The standard InChI is InChI=1S/C24H29F4NO6S/c1-14(2)10-20(23(30)34-4)29-22(24(26,27)28)15-6-8-17(21(11-15)35-13-33-3)18-12-16(36(5,31)32)7-9-19(18)25/h6-9,11-12,14,20,22,29H,10,13H2,1-5H3/t20-,22?/m0/s1. The number of alkyl halides is 3. The van der Waals surface area contributed by atoms with E-state index in [0.29, 0.717) is 0 Å². The zero-order valence-corrected chi connectivity index (χ0v) is 21.3. The first-order chi connectivity index (χ1) is 16.7. The molecule has 0 spiro atoms. The topological polar surface area (TPSA) is 90.9 Å². The van der Waals surface area contributed by atoms with Gasteiger partial charge in [0.15, 0.2) is 16.6 Å². The smallest absolute Gasteiger partial charge is 0.407 e. The number of sulfone groups is 1. The molecule has 0 heterocycles. The number of rotatable bonds is 11. The largest absolute Gasteiger partial charge is 0.468 e. The van der Waals surface area contributed by atoms with Crippen LogP contribution in [0.4, 0.5) is 17.6 Å². The van der Waals surface area contributed by atoms with Gasteiger partial charge in [-0.25, -0.2) is 12.8 Å². The van der Waals surface area contributed by atoms with Crippen molar-refractivity contribution < 1.29 is 45.0 Å². The summed E-state index contributed by atoms with van der Waals surface area (Å²) in [5.74, 6) is -1.92. The van der Waals surface area contributed by atoms with Crippen molar-refractivity contribution in [1.29, 1.82) is 0 Å². The van der Waals surface area contributed by atoms with E-state index in [-0.39, 0.29) is 46.5 Å². The second kappa shape index (κ2) is 12.0. The van der Waals surface area contributed by atoms with Crippen LogP contribution in [0.25, 0.3) is 11.1 Å². The van der Waals surface area contributed by atoms with Gasteiger partial charge in [0, 0.05) is 24.5 Å². The quantitative estimate of drug-likeness (QED) is 0.194. The summed E-state index contributed by atoms with van der Waals surface area (Å²) in [5.41, 5.74) is -0.472. The molecule has 0 bridgehead atoms. The Bertz CT molecular complexity index is 1170. The van der Waals surface area contributed by atoms with Gasteiger partial charge in [-0.2, -0.15) is 13.2 Å². The summed E-state index contributed by atoms with van der Waals surface area (Å²) < 4.78 is 95.9. The van der Waals surface area contributed by atoms with Gasteiger partial charge in [0.25, 0.3) is 0 Å². The van der Waals surface area contributed by atoms with Crippen LogP contribution in [-0.4, -0.2) is 53.9 Å². The van der Waals surface area contributed by atoms with Crippen LogP contribution < -0.4 is 10.1 Å². The number of methoxy groups -OCH3 is 2. The van der Waals surface area contributed by atoms with Gasteiger partial charge in [-0.1, -0.05) is 26.0 Å². The van der Waals surface area contributed by atoms with Crippen molar-refractivity contribution in [3.8, 4) is 16.9 Å². The molecule has 0 aliphatic heterocycles. The summed E-state index contributed by atoms with van der Waals surface area (Å²) in [6.45, 7) is 3.14. The highest BCUT2D eigenvalue weighted by Crippen LogP contribution is 2.39. The molecule has 0 saturated carbocycles. The summed E-state index contributed by atoms with van der Waals surface area (Å²) >= 11 is 0. The van der Waals surface area contributed by atoms with Crippen LogP contribution in [0, 0.1) is 11.7 Å². The van der Waals surface area contributed by atoms with E-state index < -0.39 is 39.9 Å². The van der Waals surface area contributed by atoms with Crippen LogP contribution >= 0.6 is 0 Å². The van der Waals surface area contributed by atoms with E-state index in [4.69, 9.17) is 9.47 Å². The van der Waals surface area contributed by atoms with Gasteiger partial charge >= 0.3 is 12.1 Å². The van der Waals surface area contributed by atoms with E-state index in [9.17, 15) is 30.8 Å². The number of hydrogen-bond acceptors (Lipinski definition) is 7. The van der Waals surface area contributed by atoms with E-state index in [1.807, 2.05) is 0 Å². The molecule has 0 amide bonds. The highest BCUT2D eigenvalue weighted by Gasteiger charge is 2.43. The number of carbonyl (C=O) groups excluding carboxylic acids is 1. The number of ether oxygens (including phenoxy) is 3. The van der Waals surface area contributed by atoms with Crippen LogP contribution in [0.1, 0.15) is 31.9 Å². The fraction of sp³-hybridized carbons (Fsp3) is 0.458. The Kier molecular flexibility index (Phi) is 9.86. The Hall–Kier alpha value is -2.70. The highest BCUT2D eigenvalue weighted by atomic mass is 32.2. The van der Waals surface area contributed by atoms with Gasteiger partial charge in [0.2, 0.25) is 0 Å². The number of benzene rings is 2. The Morgan fingerprint density at radius 1 is 1.06 bits per heavy atom. The zero-order chi connectivity index (χ0) is 27.3. The number of nitrogens with one attached hydrogen (secondary N) is 1. The average Bonchev–Trinajstić information content (AvgIpc) is 2.78. The summed E-state index contributed by atoms with van der Waals surface area (Å²) in [6, 6.07) is 2.94. The van der Waals surface area contributed by atoms with E-state index in [1.165, 1.54) is 13.2 Å². The maximum absolute atomic E-state index is 14.7. The second-order valence-electron chi connectivity index (χ2n) is 8.57. The molecule has 1 N–H and O–H groups in total. The lowest BCUT2D eigenvalue weighted by molar-refractivity contribution is -0.164. The molecular formula is C24H29F4NO6S. The first-order valence-corrected chi connectivity index (χ1v) is 12.7. The third-order valence-electron chi connectivity index (χ3n) is 5.22. The minimum absolute atomic E-state index is 0.0198. The minimum atomic E-state index is -4.81. The zero-order valence-electron chi connectivity index (χ0n) is 20.5. The van der Waals surface area contributed by atoms with Crippen LogP contribution in [0.3, 0.4) is 0 Å². The molecule has 0 aromatic heterocycles. The normalized spacial score (nSPS) is 13.9. The molecule has 0 radical (unpaired) electrons. The number of carbonyl (C=O) groups is 1. The van der Waals surface area contributed by atoms with Gasteiger partial charge < -0.3 is 14.2 Å². The second-order valence-corrected chi connectivity index (χ2v) is 10.6. The lowest BCUT2D eigenvalue weighted by Crippen LogP contribution is -2.45. The third kappa shape index (κ3) is 7.65. The molecule has 36 heavy (non-hydrogen) atoms. The van der Waals surface area contributed by atoms with Gasteiger partial charge in [-0.15, -0.1) is 0 Å². The molecule has 0 aliphatic rings. The van der Waals surface area contributed by atoms with Crippen molar-refractivity contribution in [2.75, 3.05) is 27.3 Å². The van der Waals surface area contributed by atoms with E-state index in [2.05, 4.69) is 10.1 Å². The molecule has 200 valence electrons. The lowest BCUT2D eigenvalue weighted by Gasteiger charge is -2.28. The molecule has 1 unspecified atom stereocenters. The van der Waals surface area contributed by atoms with Crippen molar-refractivity contribution in [2.24, 2.45) is 5.92 Å². The Labute approximate surface area is 207 Å². The molecule has 2 aromatic rings. The van der Waals surface area contributed by atoms with Crippen molar-refractivity contribution in [2.45, 2.75) is 43.4 Å². The molecule has 7 nitrogen and oxygen atoms in total. The number of hydrogen-bond donors (Lipinski definition) is 1. The van der Waals surface area contributed by atoms with Crippen molar-refractivity contribution in [3.63, 3.8) is 0 Å². The van der Waals surface area contributed by atoms with E-state index in [0.717, 1.165) is 43.7 Å². The predicted octanol–water partition coefficient (Wildman–Crippen LogP) is 4.66. The Morgan fingerprint density at radius 2 is 1.72 bits per heavy atom. The highest BCUT2D eigenvalue weighted by molar-refractivity contribution is 7.90. The molecular weight excluding hydrogens is 506 g/mol. The number of esters is 1. The fourth-order valence-corrected chi connectivity index (χ4v) is 4.20. The van der Waals surface area contributed by atoms with Gasteiger partial charge in [0.1, 0.15) is 23.7 Å². The summed E-state index contributed by atoms with van der Waals surface area (Å²) in [6.07, 6.45) is -3.78. The maximum Gasteiger partial charge on any atom is 0.407 e. The van der Waals surface area contributed by atoms with Gasteiger partial charge in [-0.05, 0) is 42.2 Å². The molecule has 2 atom stereocenters. The van der Waals surface area contributed by atoms with Crippen LogP contribution in [0.15, 0.2) is 41.3 Å². The summed E-state index contributed by atoms with van der Waals surface area (Å²) in [7, 11) is -1.31. The average molecular weight is 536 g/mol. The van der Waals surface area contributed by atoms with Gasteiger partial charge in [-0.3, -0.25) is 10.1 Å². The van der Waals surface area contributed by atoms with E-state index in [1.54, 1.807) is 13.8 Å². The van der Waals surface area contributed by atoms with E-state index >= 15 is 0 Å². The molecule has 0 saturated heterocycles. The molecule has 2 aromatic carbocycles.